The molecule has 3 amide bonds. The van der Waals surface area contributed by atoms with Crippen molar-refractivity contribution >= 4 is 41.1 Å². The fourth-order valence-corrected chi connectivity index (χ4v) is 3.28. The number of amides is 3. The van der Waals surface area contributed by atoms with Gasteiger partial charge in [0.1, 0.15) is 5.56 Å². The maximum atomic E-state index is 12.4. The van der Waals surface area contributed by atoms with Gasteiger partial charge in [-0.1, -0.05) is 24.8 Å². The van der Waals surface area contributed by atoms with Crippen molar-refractivity contribution in [1.29, 1.82) is 0 Å². The van der Waals surface area contributed by atoms with Gasteiger partial charge >= 0.3 is 0 Å². The molecule has 1 aromatic heterocycles. The molecule has 0 fully saturated rings. The van der Waals surface area contributed by atoms with Gasteiger partial charge in [-0.05, 0) is 18.2 Å². The number of nitrogens with one attached hydrogen (secondary N) is 2. The molecule has 2 aromatic rings. The summed E-state index contributed by atoms with van der Waals surface area (Å²) in [5, 5.41) is 20.7. The number of carbonyl (C=O) groups excluding carboxylic acids is 3. The Kier molecular flexibility index (Phi) is 5.68. The summed E-state index contributed by atoms with van der Waals surface area (Å²) in [5.74, 6) is -0.655. The quantitative estimate of drug-likeness (QED) is 0.293. The van der Waals surface area contributed by atoms with E-state index < -0.39 is 22.4 Å². The number of thioether (sulfide) groups is 1. The van der Waals surface area contributed by atoms with Gasteiger partial charge in [-0.3, -0.25) is 34.7 Å². The Morgan fingerprint density at radius 2 is 2.14 bits per heavy atom. The fraction of sp³-hybridized carbons (Fsp3) is 0.312. The second-order valence-corrected chi connectivity index (χ2v) is 7.00. The molecule has 0 radical (unpaired) electrons. The second kappa shape index (κ2) is 8.17. The monoisotopic (exact) mass is 404 g/mol. The Hall–Kier alpha value is -3.28. The van der Waals surface area contributed by atoms with E-state index in [0.29, 0.717) is 5.16 Å². The first-order chi connectivity index (χ1) is 13.4. The summed E-state index contributed by atoms with van der Waals surface area (Å²) in [4.78, 5) is 52.2. The minimum atomic E-state index is -0.718. The maximum Gasteiger partial charge on any atom is 0.282 e. The lowest BCUT2D eigenvalue weighted by atomic mass is 10.1. The molecule has 2 N–H and O–H groups in total. The SMILES string of the molecule is CCSc1n[nH]c(NC(=O)CCCN2C(=O)c3cccc([N+](=O)[O-])c3C2=O)n1. The average Bonchev–Trinajstić information content (AvgIpc) is 3.19. The molecule has 28 heavy (non-hydrogen) atoms. The molecule has 1 aliphatic heterocycles. The molecule has 0 atom stereocenters. The van der Waals surface area contributed by atoms with Crippen molar-refractivity contribution in [2.45, 2.75) is 24.9 Å². The molecule has 0 unspecified atom stereocenters. The standard InChI is InChI=1S/C16H16N6O5S/c1-2-28-16-18-15(19-20-16)17-11(23)7-4-8-21-13(24)9-5-3-6-10(22(26)27)12(9)14(21)25/h3,5-6H,2,4,7-8H2,1H3,(H2,17,18,19,20,23). The van der Waals surface area contributed by atoms with Gasteiger partial charge in [0.25, 0.3) is 17.5 Å². The zero-order valence-electron chi connectivity index (χ0n) is 14.8. The van der Waals surface area contributed by atoms with E-state index in [1.165, 1.54) is 30.0 Å². The van der Waals surface area contributed by atoms with Crippen molar-refractivity contribution in [2.24, 2.45) is 0 Å². The van der Waals surface area contributed by atoms with Gasteiger partial charge in [0.05, 0.1) is 10.5 Å². The molecule has 1 aliphatic rings. The van der Waals surface area contributed by atoms with Crippen molar-refractivity contribution in [3.05, 3.63) is 39.4 Å². The van der Waals surface area contributed by atoms with Crippen LogP contribution in [0.5, 0.6) is 0 Å². The van der Waals surface area contributed by atoms with Crippen molar-refractivity contribution in [3.8, 4) is 0 Å². The third kappa shape index (κ3) is 3.86. The van der Waals surface area contributed by atoms with E-state index >= 15 is 0 Å². The summed E-state index contributed by atoms with van der Waals surface area (Å²) >= 11 is 1.42. The molecule has 3 rings (SSSR count). The lowest BCUT2D eigenvalue weighted by Crippen LogP contribution is -2.31. The second-order valence-electron chi connectivity index (χ2n) is 5.77. The van der Waals surface area contributed by atoms with Crippen LogP contribution in [0.4, 0.5) is 11.6 Å². The maximum absolute atomic E-state index is 12.4. The van der Waals surface area contributed by atoms with E-state index in [2.05, 4.69) is 20.5 Å². The molecule has 2 heterocycles. The Labute approximate surface area is 163 Å². The highest BCUT2D eigenvalue weighted by molar-refractivity contribution is 7.99. The van der Waals surface area contributed by atoms with Crippen molar-refractivity contribution in [1.82, 2.24) is 20.1 Å². The number of nitrogens with zero attached hydrogens (tertiary/aromatic N) is 4. The predicted octanol–water partition coefficient (Wildman–Crippen LogP) is 1.84. The first kappa shape index (κ1) is 19.5. The van der Waals surface area contributed by atoms with Gasteiger partial charge in [-0.15, -0.1) is 5.10 Å². The molecule has 146 valence electrons. The van der Waals surface area contributed by atoms with Crippen molar-refractivity contribution < 1.29 is 19.3 Å². The van der Waals surface area contributed by atoms with E-state index in [1.54, 1.807) is 0 Å². The van der Waals surface area contributed by atoms with Crippen LogP contribution in [0.2, 0.25) is 0 Å². The predicted molar refractivity (Wildman–Crippen MR) is 99.1 cm³/mol. The summed E-state index contributed by atoms with van der Waals surface area (Å²) in [6.07, 6.45) is 0.238. The molecular weight excluding hydrogens is 388 g/mol. The summed E-state index contributed by atoms with van der Waals surface area (Å²) in [5.41, 5.74) is -0.599. The topological polar surface area (TPSA) is 151 Å². The van der Waals surface area contributed by atoms with Gasteiger partial charge in [0, 0.05) is 19.0 Å². The molecule has 11 nitrogen and oxygen atoms in total. The molecular formula is C16H16N6O5S. The van der Waals surface area contributed by atoms with Crippen LogP contribution in [-0.2, 0) is 4.79 Å². The van der Waals surface area contributed by atoms with Crippen LogP contribution in [0.3, 0.4) is 0 Å². The van der Waals surface area contributed by atoms with Gasteiger partial charge in [-0.2, -0.15) is 4.98 Å². The summed E-state index contributed by atoms with van der Waals surface area (Å²) in [7, 11) is 0. The van der Waals surface area contributed by atoms with Gasteiger partial charge in [0.2, 0.25) is 17.0 Å². The Balaban J connectivity index is 1.57. The highest BCUT2D eigenvalue weighted by Gasteiger charge is 2.40. The minimum absolute atomic E-state index is 0.00580. The number of rotatable bonds is 8. The summed E-state index contributed by atoms with van der Waals surface area (Å²) < 4.78 is 0. The number of fused-ring (bicyclic) bond motifs is 1. The molecule has 0 saturated heterocycles. The lowest BCUT2D eigenvalue weighted by molar-refractivity contribution is -0.385. The van der Waals surface area contributed by atoms with Crippen LogP contribution >= 0.6 is 11.8 Å². The number of anilines is 1. The third-order valence-electron chi connectivity index (χ3n) is 3.96. The van der Waals surface area contributed by atoms with E-state index in [1.807, 2.05) is 6.92 Å². The number of carbonyl (C=O) groups is 3. The molecule has 1 aromatic carbocycles. The molecule has 12 heteroatoms. The Bertz CT molecular complexity index is 959. The number of nitro benzene ring substituents is 1. The van der Waals surface area contributed by atoms with E-state index in [4.69, 9.17) is 0 Å². The molecule has 0 aliphatic carbocycles. The Morgan fingerprint density at radius 3 is 2.86 bits per heavy atom. The van der Waals surface area contributed by atoms with Crippen molar-refractivity contribution in [2.75, 3.05) is 17.6 Å². The summed E-state index contributed by atoms with van der Waals surface area (Å²) in [6.45, 7) is 1.93. The van der Waals surface area contributed by atoms with Gasteiger partial charge in [-0.25, -0.2) is 5.10 Å². The number of imide groups is 1. The number of benzene rings is 1. The van der Waals surface area contributed by atoms with Crippen LogP contribution in [0, 0.1) is 10.1 Å². The smallest absolute Gasteiger partial charge is 0.282 e. The van der Waals surface area contributed by atoms with Crippen molar-refractivity contribution in [3.63, 3.8) is 0 Å². The zero-order valence-corrected chi connectivity index (χ0v) is 15.6. The van der Waals surface area contributed by atoms with E-state index in [-0.39, 0.29) is 42.4 Å². The van der Waals surface area contributed by atoms with Crippen LogP contribution in [0.15, 0.2) is 23.4 Å². The van der Waals surface area contributed by atoms with Gasteiger partial charge < -0.3 is 0 Å². The number of aromatic nitrogens is 3. The number of aromatic amines is 1. The number of hydrogen-bond donors (Lipinski definition) is 2. The zero-order chi connectivity index (χ0) is 20.3. The molecule has 0 spiro atoms. The van der Waals surface area contributed by atoms with Crippen LogP contribution in [-0.4, -0.2) is 55.0 Å². The highest BCUT2D eigenvalue weighted by Crippen LogP contribution is 2.30. The fourth-order valence-electron chi connectivity index (χ4n) is 2.76. The van der Waals surface area contributed by atoms with Crippen LogP contribution in [0.1, 0.15) is 40.5 Å². The number of nitro groups is 1. The summed E-state index contributed by atoms with van der Waals surface area (Å²) in [6, 6.07) is 3.93. The van der Waals surface area contributed by atoms with Crippen LogP contribution in [0.25, 0.3) is 0 Å². The number of H-pyrrole nitrogens is 1. The lowest BCUT2D eigenvalue weighted by Gasteiger charge is -2.13. The minimum Gasteiger partial charge on any atom is -0.295 e. The number of hydrogen-bond acceptors (Lipinski definition) is 8. The third-order valence-corrected chi connectivity index (χ3v) is 4.68. The first-order valence-electron chi connectivity index (χ1n) is 8.41. The van der Waals surface area contributed by atoms with Crippen LogP contribution < -0.4 is 5.32 Å². The average molecular weight is 404 g/mol. The van der Waals surface area contributed by atoms with E-state index in [0.717, 1.165) is 10.7 Å². The van der Waals surface area contributed by atoms with E-state index in [9.17, 15) is 24.5 Å². The first-order valence-corrected chi connectivity index (χ1v) is 9.39. The normalized spacial score (nSPS) is 13.0. The molecule has 0 bridgehead atoms. The Morgan fingerprint density at radius 1 is 1.36 bits per heavy atom. The van der Waals surface area contributed by atoms with Gasteiger partial charge in [0.15, 0.2) is 0 Å². The largest absolute Gasteiger partial charge is 0.295 e. The molecule has 0 saturated carbocycles. The highest BCUT2D eigenvalue weighted by atomic mass is 32.2.